The average Bonchev–Trinajstić information content (AvgIpc) is 3.47. The van der Waals surface area contributed by atoms with Gasteiger partial charge in [0.15, 0.2) is 11.0 Å². The van der Waals surface area contributed by atoms with E-state index in [1.807, 2.05) is 42.7 Å². The van der Waals surface area contributed by atoms with Crippen LogP contribution in [0, 0.1) is 4.84 Å². The number of fused-ring (bicyclic) bond motifs is 1. The summed E-state index contributed by atoms with van der Waals surface area (Å²) in [5.74, 6) is 0.216. The first-order valence-corrected chi connectivity index (χ1v) is 12.1. The monoisotopic (exact) mass is 488 g/mol. The highest BCUT2D eigenvalue weighted by atomic mass is 32.2. The number of aromatic nitrogens is 4. The van der Waals surface area contributed by atoms with E-state index in [0.717, 1.165) is 38.4 Å². The third kappa shape index (κ3) is 4.04. The van der Waals surface area contributed by atoms with Crippen LogP contribution in [0.15, 0.2) is 76.4 Å². The van der Waals surface area contributed by atoms with Crippen LogP contribution in [-0.2, 0) is 11.3 Å². The fraction of sp³-hybridized carbons (Fsp3) is 0.120. The number of benzene rings is 3. The molecule has 0 unspecified atom stereocenters. The second-order valence-electron chi connectivity index (χ2n) is 7.52. The van der Waals surface area contributed by atoms with E-state index < -0.39 is 0 Å². The number of carbonyl (C=O) groups excluding carboxylic acids is 1. The minimum absolute atomic E-state index is 0.170. The van der Waals surface area contributed by atoms with E-state index in [0.29, 0.717) is 17.9 Å². The number of carbonyl (C=O) groups is 1. The van der Waals surface area contributed by atoms with Gasteiger partial charge in [0.2, 0.25) is 0 Å². The largest absolute Gasteiger partial charge is 0.465 e. The number of hydrogen-bond donors (Lipinski definition) is 1. The molecule has 0 aliphatic heterocycles. The molecule has 0 amide bonds. The summed E-state index contributed by atoms with van der Waals surface area (Å²) in [6, 6.07) is 21.7. The van der Waals surface area contributed by atoms with Crippen molar-refractivity contribution >= 4 is 41.0 Å². The van der Waals surface area contributed by atoms with Gasteiger partial charge < -0.3 is 13.8 Å². The molecule has 9 heteroatoms. The van der Waals surface area contributed by atoms with Crippen LogP contribution in [0.25, 0.3) is 33.5 Å². The summed E-state index contributed by atoms with van der Waals surface area (Å²) in [5.41, 5.74) is 6.08. The highest BCUT2D eigenvalue weighted by molar-refractivity contribution is 7.98. The molecule has 0 aliphatic rings. The zero-order valence-corrected chi connectivity index (χ0v) is 20.1. The molecule has 5 rings (SSSR count). The van der Waals surface area contributed by atoms with Gasteiger partial charge >= 0.3 is 10.8 Å². The Morgan fingerprint density at radius 3 is 2.50 bits per heavy atom. The average molecular weight is 489 g/mol. The third-order valence-electron chi connectivity index (χ3n) is 5.55. The maximum atomic E-state index is 12.4. The molecular formula is C25H20N4O3S2. The molecule has 0 bridgehead atoms. The predicted octanol–water partition coefficient (Wildman–Crippen LogP) is 5.97. The molecule has 3 aromatic carbocycles. The third-order valence-corrected chi connectivity index (χ3v) is 6.40. The summed E-state index contributed by atoms with van der Waals surface area (Å²) in [6.07, 6.45) is 1.98. The molecular weight excluding hydrogens is 468 g/mol. The Balaban J connectivity index is 1.52. The first kappa shape index (κ1) is 22.1. The van der Waals surface area contributed by atoms with Crippen LogP contribution < -0.4 is 0 Å². The maximum Gasteiger partial charge on any atom is 0.340 e. The van der Waals surface area contributed by atoms with Crippen molar-refractivity contribution in [2.24, 2.45) is 0 Å². The predicted molar refractivity (Wildman–Crippen MR) is 135 cm³/mol. The van der Waals surface area contributed by atoms with Crippen LogP contribution in [0.2, 0.25) is 0 Å². The van der Waals surface area contributed by atoms with Gasteiger partial charge in [-0.2, -0.15) is 4.98 Å². The van der Waals surface area contributed by atoms with Crippen molar-refractivity contribution < 1.29 is 14.1 Å². The summed E-state index contributed by atoms with van der Waals surface area (Å²) < 4.78 is 12.2. The zero-order valence-electron chi connectivity index (χ0n) is 18.4. The van der Waals surface area contributed by atoms with E-state index in [4.69, 9.17) is 26.5 Å². The highest BCUT2D eigenvalue weighted by Gasteiger charge is 2.19. The molecule has 0 saturated heterocycles. The number of rotatable bonds is 6. The Labute approximate surface area is 204 Å². The number of H-pyrrole nitrogens is 1. The molecule has 0 fully saturated rings. The van der Waals surface area contributed by atoms with E-state index in [2.05, 4.69) is 39.0 Å². The number of thioether (sulfide) groups is 1. The van der Waals surface area contributed by atoms with Gasteiger partial charge in [0.1, 0.15) is 0 Å². The lowest BCUT2D eigenvalue weighted by Gasteiger charge is -2.12. The van der Waals surface area contributed by atoms with E-state index in [1.54, 1.807) is 17.8 Å². The van der Waals surface area contributed by atoms with Crippen molar-refractivity contribution in [3.8, 4) is 22.5 Å². The van der Waals surface area contributed by atoms with Crippen molar-refractivity contribution in [2.75, 3.05) is 13.4 Å². The minimum atomic E-state index is -0.377. The summed E-state index contributed by atoms with van der Waals surface area (Å²) in [6.45, 7) is 0.568. The number of imidazole rings is 1. The Kier molecular flexibility index (Phi) is 6.04. The zero-order chi connectivity index (χ0) is 23.7. The molecule has 0 radical (unpaired) electrons. The van der Waals surface area contributed by atoms with Crippen molar-refractivity contribution in [2.45, 2.75) is 11.7 Å². The summed E-state index contributed by atoms with van der Waals surface area (Å²) in [4.78, 5) is 21.5. The number of nitrogens with zero attached hydrogens (tertiary/aromatic N) is 3. The Morgan fingerprint density at radius 1 is 1.06 bits per heavy atom. The molecule has 0 atom stereocenters. The smallest absolute Gasteiger partial charge is 0.340 e. The molecule has 0 aliphatic carbocycles. The Hall–Kier alpha value is -3.69. The first-order chi connectivity index (χ1) is 16.6. The second-order valence-corrected chi connectivity index (χ2v) is 8.65. The number of esters is 1. The van der Waals surface area contributed by atoms with Gasteiger partial charge in [-0.25, -0.2) is 14.9 Å². The van der Waals surface area contributed by atoms with E-state index in [9.17, 15) is 4.79 Å². The van der Waals surface area contributed by atoms with Gasteiger partial charge in [-0.1, -0.05) is 66.4 Å². The Morgan fingerprint density at radius 2 is 1.82 bits per heavy atom. The molecule has 2 aromatic heterocycles. The van der Waals surface area contributed by atoms with Crippen molar-refractivity contribution in [1.82, 2.24) is 19.7 Å². The molecule has 2 heterocycles. The van der Waals surface area contributed by atoms with Crippen LogP contribution in [0.3, 0.4) is 0 Å². The fourth-order valence-corrected chi connectivity index (χ4v) is 4.70. The molecule has 7 nitrogen and oxygen atoms in total. The van der Waals surface area contributed by atoms with Crippen LogP contribution in [0.4, 0.5) is 0 Å². The molecule has 170 valence electrons. The molecule has 0 saturated carbocycles. The van der Waals surface area contributed by atoms with E-state index in [1.165, 1.54) is 7.11 Å². The van der Waals surface area contributed by atoms with Gasteiger partial charge in [0.05, 0.1) is 30.3 Å². The molecule has 34 heavy (non-hydrogen) atoms. The molecule has 0 spiro atoms. The van der Waals surface area contributed by atoms with Crippen LogP contribution in [0.1, 0.15) is 15.9 Å². The topological polar surface area (TPSA) is 85.9 Å². The van der Waals surface area contributed by atoms with Gasteiger partial charge in [0, 0.05) is 5.56 Å². The lowest BCUT2D eigenvalue weighted by molar-refractivity contribution is 0.0602. The van der Waals surface area contributed by atoms with E-state index >= 15 is 0 Å². The molecule has 1 N–H and O–H groups in total. The normalized spacial score (nSPS) is 11.1. The maximum absolute atomic E-state index is 12.4. The van der Waals surface area contributed by atoms with Gasteiger partial charge in [0.25, 0.3) is 0 Å². The number of hydrogen-bond acceptors (Lipinski definition) is 7. The first-order valence-electron chi connectivity index (χ1n) is 10.4. The van der Waals surface area contributed by atoms with Gasteiger partial charge in [-0.15, -0.1) is 0 Å². The summed E-state index contributed by atoms with van der Waals surface area (Å²) in [7, 11) is 1.39. The lowest BCUT2D eigenvalue weighted by Crippen LogP contribution is -2.07. The standard InChI is InChI=1S/C25H20N4O3S2/c1-31-23(30)19-8-5-9-20-21(19)29(24(26-20)34-2)14-15-10-12-16(13-11-15)17-6-3-4-7-18(17)22-27-25(33)32-28-22/h3-13H,14H2,1-2H3,(H,27,28,33). The van der Waals surface area contributed by atoms with Gasteiger partial charge in [-0.3, -0.25) is 0 Å². The number of para-hydroxylation sites is 1. The minimum Gasteiger partial charge on any atom is -0.465 e. The fourth-order valence-electron chi connectivity index (χ4n) is 4.00. The highest BCUT2D eigenvalue weighted by Crippen LogP contribution is 2.31. The Bertz CT molecular complexity index is 1550. The number of nitrogens with one attached hydrogen (secondary N) is 1. The summed E-state index contributed by atoms with van der Waals surface area (Å²) in [5, 5.41) is 3.62. The quantitative estimate of drug-likeness (QED) is 0.179. The molecule has 5 aromatic rings. The number of methoxy groups -OCH3 is 1. The van der Waals surface area contributed by atoms with Crippen LogP contribution in [0.5, 0.6) is 0 Å². The van der Waals surface area contributed by atoms with Crippen molar-refractivity contribution in [1.29, 1.82) is 0 Å². The number of aromatic amines is 1. The van der Waals surface area contributed by atoms with Crippen LogP contribution >= 0.6 is 24.0 Å². The van der Waals surface area contributed by atoms with Crippen LogP contribution in [-0.4, -0.2) is 39.0 Å². The SMILES string of the molecule is COC(=O)c1cccc2nc(SC)n(Cc3ccc(-c4ccccc4-c4nc(=S)o[nH]4)cc3)c12. The number of ether oxygens (including phenoxy) is 1. The summed E-state index contributed by atoms with van der Waals surface area (Å²) >= 11 is 6.55. The second kappa shape index (κ2) is 9.28. The van der Waals surface area contributed by atoms with Crippen molar-refractivity contribution in [3.05, 3.63) is 82.7 Å². The van der Waals surface area contributed by atoms with E-state index in [-0.39, 0.29) is 10.8 Å². The van der Waals surface area contributed by atoms with Crippen molar-refractivity contribution in [3.63, 3.8) is 0 Å². The van der Waals surface area contributed by atoms with Gasteiger partial charge in [-0.05, 0) is 47.3 Å². The lowest BCUT2D eigenvalue weighted by atomic mass is 9.98.